The molecule has 19 heavy (non-hydrogen) atoms. The zero-order valence-corrected chi connectivity index (χ0v) is 14.0. The van der Waals surface area contributed by atoms with Crippen molar-refractivity contribution in [1.82, 2.24) is 5.32 Å². The highest BCUT2D eigenvalue weighted by molar-refractivity contribution is 9.10. The molecule has 1 unspecified atom stereocenters. The molecule has 2 rings (SSSR count). The van der Waals surface area contributed by atoms with Gasteiger partial charge in [-0.1, -0.05) is 24.6 Å². The summed E-state index contributed by atoms with van der Waals surface area (Å²) >= 11 is 11.3. The van der Waals surface area contributed by atoms with Gasteiger partial charge in [-0.2, -0.15) is 11.3 Å². The molecule has 0 radical (unpaired) electrons. The molecule has 0 saturated carbocycles. The first-order chi connectivity index (χ1) is 9.20. The van der Waals surface area contributed by atoms with Crippen molar-refractivity contribution in [3.63, 3.8) is 0 Å². The van der Waals surface area contributed by atoms with Crippen molar-refractivity contribution in [3.05, 3.63) is 55.6 Å². The third-order valence-corrected chi connectivity index (χ3v) is 5.04. The van der Waals surface area contributed by atoms with Gasteiger partial charge >= 0.3 is 0 Å². The molecule has 0 aliphatic carbocycles. The monoisotopic (exact) mass is 357 g/mol. The van der Waals surface area contributed by atoms with Crippen LogP contribution in [0.2, 0.25) is 5.02 Å². The zero-order chi connectivity index (χ0) is 13.7. The van der Waals surface area contributed by atoms with Crippen LogP contribution >= 0.6 is 38.9 Å². The van der Waals surface area contributed by atoms with Crippen LogP contribution in [-0.2, 0) is 6.42 Å². The van der Waals surface area contributed by atoms with E-state index >= 15 is 0 Å². The summed E-state index contributed by atoms with van der Waals surface area (Å²) in [5, 5.41) is 8.67. The van der Waals surface area contributed by atoms with Crippen LogP contribution in [0.4, 0.5) is 0 Å². The van der Waals surface area contributed by atoms with Gasteiger partial charge in [-0.3, -0.25) is 0 Å². The third kappa shape index (κ3) is 4.32. The number of thiophene rings is 1. The predicted octanol–water partition coefficient (Wildman–Crippen LogP) is 5.45. The maximum atomic E-state index is 6.05. The summed E-state index contributed by atoms with van der Waals surface area (Å²) < 4.78 is 0.963. The highest BCUT2D eigenvalue weighted by Crippen LogP contribution is 2.28. The molecular formula is C15H17BrClNS. The lowest BCUT2D eigenvalue weighted by atomic mass is 10.00. The molecule has 102 valence electrons. The van der Waals surface area contributed by atoms with Crippen molar-refractivity contribution in [2.75, 3.05) is 6.54 Å². The summed E-state index contributed by atoms with van der Waals surface area (Å²) in [4.78, 5) is 0. The summed E-state index contributed by atoms with van der Waals surface area (Å²) in [6, 6.07) is 8.75. The molecule has 0 spiro atoms. The van der Waals surface area contributed by atoms with E-state index in [0.717, 1.165) is 28.9 Å². The molecule has 1 atom stereocenters. The molecule has 0 aliphatic rings. The number of aryl methyl sites for hydroxylation is 1. The third-order valence-electron chi connectivity index (χ3n) is 3.10. The average Bonchev–Trinajstić information content (AvgIpc) is 2.91. The van der Waals surface area contributed by atoms with Gasteiger partial charge in [-0.05, 0) is 75.4 Å². The molecule has 0 saturated heterocycles. The van der Waals surface area contributed by atoms with Gasteiger partial charge < -0.3 is 5.32 Å². The minimum Gasteiger partial charge on any atom is -0.310 e. The second kappa shape index (κ2) is 7.44. The van der Waals surface area contributed by atoms with Crippen LogP contribution in [0.25, 0.3) is 0 Å². The molecule has 0 aliphatic heterocycles. The normalized spacial score (nSPS) is 12.6. The van der Waals surface area contributed by atoms with Crippen LogP contribution in [0, 0.1) is 0 Å². The molecule has 1 nitrogen and oxygen atoms in total. The lowest BCUT2D eigenvalue weighted by Gasteiger charge is -2.18. The van der Waals surface area contributed by atoms with E-state index in [-0.39, 0.29) is 0 Å². The van der Waals surface area contributed by atoms with E-state index in [0.29, 0.717) is 6.04 Å². The van der Waals surface area contributed by atoms with E-state index in [4.69, 9.17) is 11.6 Å². The summed E-state index contributed by atoms with van der Waals surface area (Å²) in [6.45, 7) is 3.11. The molecule has 2 aromatic rings. The topological polar surface area (TPSA) is 12.0 Å². The van der Waals surface area contributed by atoms with Gasteiger partial charge in [-0.15, -0.1) is 0 Å². The van der Waals surface area contributed by atoms with E-state index in [9.17, 15) is 0 Å². The maximum absolute atomic E-state index is 6.05. The summed E-state index contributed by atoms with van der Waals surface area (Å²) in [6.07, 6.45) is 2.19. The van der Waals surface area contributed by atoms with Gasteiger partial charge in [0.05, 0.1) is 5.02 Å². The Bertz CT molecular complexity index is 513. The summed E-state index contributed by atoms with van der Waals surface area (Å²) in [5.74, 6) is 0. The second-order valence-electron chi connectivity index (χ2n) is 4.45. The van der Waals surface area contributed by atoms with Crippen molar-refractivity contribution in [1.29, 1.82) is 0 Å². The minimum absolute atomic E-state index is 0.374. The first kappa shape index (κ1) is 15.0. The van der Waals surface area contributed by atoms with Gasteiger partial charge in [0.1, 0.15) is 0 Å². The van der Waals surface area contributed by atoms with E-state index in [2.05, 4.69) is 57.1 Å². The molecule has 4 heteroatoms. The first-order valence-corrected chi connectivity index (χ1v) is 8.51. The van der Waals surface area contributed by atoms with E-state index in [1.54, 1.807) is 11.3 Å². The Labute approximate surface area is 132 Å². The molecule has 1 aromatic heterocycles. The van der Waals surface area contributed by atoms with Crippen molar-refractivity contribution < 1.29 is 0 Å². The number of hydrogen-bond donors (Lipinski definition) is 1. The highest BCUT2D eigenvalue weighted by atomic mass is 79.9. The minimum atomic E-state index is 0.374. The van der Waals surface area contributed by atoms with Gasteiger partial charge in [0.15, 0.2) is 0 Å². The molecule has 1 aromatic carbocycles. The van der Waals surface area contributed by atoms with Crippen molar-refractivity contribution in [3.8, 4) is 0 Å². The molecule has 1 heterocycles. The van der Waals surface area contributed by atoms with Crippen LogP contribution in [-0.4, -0.2) is 6.54 Å². The van der Waals surface area contributed by atoms with Crippen LogP contribution < -0.4 is 5.32 Å². The molecular weight excluding hydrogens is 342 g/mol. The average molecular weight is 359 g/mol. The summed E-state index contributed by atoms with van der Waals surface area (Å²) in [7, 11) is 0. The Morgan fingerprint density at radius 2 is 2.21 bits per heavy atom. The first-order valence-electron chi connectivity index (χ1n) is 6.40. The Kier molecular flexibility index (Phi) is 5.89. The number of rotatable bonds is 6. The van der Waals surface area contributed by atoms with Crippen LogP contribution in [0.1, 0.15) is 30.5 Å². The van der Waals surface area contributed by atoms with E-state index < -0.39 is 0 Å². The molecule has 0 fully saturated rings. The molecule has 0 amide bonds. The van der Waals surface area contributed by atoms with Gasteiger partial charge in [0.2, 0.25) is 0 Å². The largest absolute Gasteiger partial charge is 0.310 e. The Morgan fingerprint density at radius 3 is 2.84 bits per heavy atom. The Hall–Kier alpha value is -0.350. The van der Waals surface area contributed by atoms with Crippen molar-refractivity contribution in [2.45, 2.75) is 25.8 Å². The predicted molar refractivity (Wildman–Crippen MR) is 88.2 cm³/mol. The lowest BCUT2D eigenvalue weighted by Crippen LogP contribution is -2.21. The quantitative estimate of drug-likeness (QED) is 0.724. The fourth-order valence-corrected chi connectivity index (χ4v) is 3.33. The van der Waals surface area contributed by atoms with Crippen molar-refractivity contribution in [2.24, 2.45) is 0 Å². The van der Waals surface area contributed by atoms with Gasteiger partial charge in [0, 0.05) is 10.5 Å². The fourth-order valence-electron chi connectivity index (χ4n) is 2.11. The van der Waals surface area contributed by atoms with Gasteiger partial charge in [-0.25, -0.2) is 0 Å². The van der Waals surface area contributed by atoms with E-state index in [1.807, 2.05) is 6.07 Å². The number of nitrogens with one attached hydrogen (secondary N) is 1. The van der Waals surface area contributed by atoms with E-state index in [1.165, 1.54) is 11.1 Å². The standard InChI is InChI=1S/C15H17BrClNS/c1-2-18-15(6-3-11-7-8-19-10-11)12-4-5-14(17)13(16)9-12/h4-5,7-10,15,18H,2-3,6H2,1H3. The summed E-state index contributed by atoms with van der Waals surface area (Å²) in [5.41, 5.74) is 2.70. The zero-order valence-electron chi connectivity index (χ0n) is 10.8. The van der Waals surface area contributed by atoms with Crippen LogP contribution in [0.3, 0.4) is 0 Å². The van der Waals surface area contributed by atoms with Crippen molar-refractivity contribution >= 4 is 38.9 Å². The highest BCUT2D eigenvalue weighted by Gasteiger charge is 2.12. The smallest absolute Gasteiger partial charge is 0.0548 e. The lowest BCUT2D eigenvalue weighted by molar-refractivity contribution is 0.515. The Balaban J connectivity index is 2.07. The molecule has 1 N–H and O–H groups in total. The number of halogens is 2. The van der Waals surface area contributed by atoms with Crippen LogP contribution in [0.5, 0.6) is 0 Å². The SMILES string of the molecule is CCNC(CCc1ccsc1)c1ccc(Cl)c(Br)c1. The van der Waals surface area contributed by atoms with Crippen LogP contribution in [0.15, 0.2) is 39.5 Å². The van der Waals surface area contributed by atoms with Gasteiger partial charge in [0.25, 0.3) is 0 Å². The second-order valence-corrected chi connectivity index (χ2v) is 6.50. The Morgan fingerprint density at radius 1 is 1.37 bits per heavy atom. The maximum Gasteiger partial charge on any atom is 0.0548 e. The number of benzene rings is 1. The number of hydrogen-bond acceptors (Lipinski definition) is 2. The molecule has 0 bridgehead atoms. The fraction of sp³-hybridized carbons (Fsp3) is 0.333.